The van der Waals surface area contributed by atoms with Gasteiger partial charge in [0.2, 0.25) is 0 Å². The van der Waals surface area contributed by atoms with Crippen molar-refractivity contribution in [3.05, 3.63) is 133 Å². The van der Waals surface area contributed by atoms with Crippen LogP contribution in [-0.4, -0.2) is 6.04 Å². The SMILES string of the molecule is c1ccc(Nc2ccc(-c3ccc4c(c3)[C@H]3C=CC=CC3N4c3ccccc3)cc2)cc#1. The van der Waals surface area contributed by atoms with Crippen molar-refractivity contribution in [2.75, 3.05) is 10.2 Å². The molecule has 2 atom stereocenters. The zero-order valence-corrected chi connectivity index (χ0v) is 17.6. The second-order valence-corrected chi connectivity index (χ2v) is 8.19. The Balaban J connectivity index is 1.34. The fraction of sp³-hybridized carbons (Fsp3) is 0.0667. The molecule has 4 aromatic carbocycles. The van der Waals surface area contributed by atoms with Crippen LogP contribution in [0.1, 0.15) is 11.5 Å². The number of benzene rings is 3. The fourth-order valence-corrected chi connectivity index (χ4v) is 4.75. The number of para-hydroxylation sites is 1. The highest BCUT2D eigenvalue weighted by Crippen LogP contribution is 2.48. The Kier molecular flexibility index (Phi) is 4.52. The first-order valence-corrected chi connectivity index (χ1v) is 11.0. The third-order valence-electron chi connectivity index (χ3n) is 6.25. The second-order valence-electron chi connectivity index (χ2n) is 8.19. The highest BCUT2D eigenvalue weighted by atomic mass is 15.2. The van der Waals surface area contributed by atoms with Gasteiger partial charge in [0.1, 0.15) is 0 Å². The number of nitrogens with zero attached hydrogens (tertiary/aromatic N) is 1. The van der Waals surface area contributed by atoms with E-state index in [1.807, 2.05) is 18.2 Å². The average Bonchev–Trinajstić information content (AvgIpc) is 3.19. The minimum Gasteiger partial charge on any atom is -0.355 e. The Bertz CT molecular complexity index is 1290. The molecule has 0 spiro atoms. The Labute approximate surface area is 189 Å². The van der Waals surface area contributed by atoms with Crippen LogP contribution in [0.5, 0.6) is 0 Å². The van der Waals surface area contributed by atoms with Crippen molar-refractivity contribution >= 4 is 22.7 Å². The minimum atomic E-state index is 0.319. The summed E-state index contributed by atoms with van der Waals surface area (Å²) in [5.41, 5.74) is 8.45. The van der Waals surface area contributed by atoms with Gasteiger partial charge in [0.05, 0.1) is 6.04 Å². The van der Waals surface area contributed by atoms with Crippen molar-refractivity contribution < 1.29 is 0 Å². The number of hydrogen-bond acceptors (Lipinski definition) is 2. The molecule has 0 fully saturated rings. The molecule has 0 amide bonds. The second kappa shape index (κ2) is 7.80. The maximum absolute atomic E-state index is 3.41. The summed E-state index contributed by atoms with van der Waals surface area (Å²) in [6.07, 6.45) is 8.98. The van der Waals surface area contributed by atoms with E-state index in [0.717, 1.165) is 11.4 Å². The molecule has 0 saturated heterocycles. The topological polar surface area (TPSA) is 15.3 Å². The maximum atomic E-state index is 3.41. The van der Waals surface area contributed by atoms with Crippen LogP contribution >= 0.6 is 0 Å². The van der Waals surface area contributed by atoms with Gasteiger partial charge >= 0.3 is 0 Å². The summed E-state index contributed by atoms with van der Waals surface area (Å²) in [4.78, 5) is 2.46. The quantitative estimate of drug-likeness (QED) is 0.376. The molecule has 6 rings (SSSR count). The van der Waals surface area contributed by atoms with Crippen molar-refractivity contribution in [3.8, 4) is 11.1 Å². The number of rotatable bonds is 4. The monoisotopic (exact) mass is 410 g/mol. The van der Waals surface area contributed by atoms with Gasteiger partial charge in [-0.1, -0.05) is 72.8 Å². The molecule has 2 aliphatic rings. The maximum Gasteiger partial charge on any atom is 0.0629 e. The van der Waals surface area contributed by atoms with Crippen molar-refractivity contribution in [3.63, 3.8) is 0 Å². The van der Waals surface area contributed by atoms with Crippen LogP contribution in [0.15, 0.2) is 115 Å². The molecule has 1 N–H and O–H groups in total. The van der Waals surface area contributed by atoms with Crippen LogP contribution in [0.25, 0.3) is 11.1 Å². The van der Waals surface area contributed by atoms with Gasteiger partial charge in [-0.05, 0) is 65.2 Å². The van der Waals surface area contributed by atoms with E-state index in [2.05, 4.69) is 119 Å². The molecule has 152 valence electrons. The Morgan fingerprint density at radius 1 is 0.719 bits per heavy atom. The van der Waals surface area contributed by atoms with Crippen molar-refractivity contribution in [2.45, 2.75) is 12.0 Å². The molecule has 2 heteroatoms. The number of allylic oxidation sites excluding steroid dienone is 2. The Hall–Kier alpha value is -4.22. The third kappa shape index (κ3) is 3.25. The largest absolute Gasteiger partial charge is 0.355 e. The van der Waals surface area contributed by atoms with Crippen molar-refractivity contribution in [1.82, 2.24) is 0 Å². The summed E-state index contributed by atoms with van der Waals surface area (Å²) in [7, 11) is 0. The molecular weight excluding hydrogens is 388 g/mol. The standard InChI is InChI=1S/C30H22N2/c1-3-9-24(10-4-1)31-25-18-15-22(16-19-25)23-17-20-30-28(21-23)27-13-7-8-14-29(27)32(30)26-11-5-2-6-12-26/h2-3,5-21,27,29,31H/t27-,29?/m1/s1. The van der Waals surface area contributed by atoms with E-state index in [-0.39, 0.29) is 0 Å². The van der Waals surface area contributed by atoms with Gasteiger partial charge < -0.3 is 10.2 Å². The lowest BCUT2D eigenvalue weighted by Gasteiger charge is -2.28. The molecule has 4 aromatic rings. The summed E-state index contributed by atoms with van der Waals surface area (Å²) in [5, 5.41) is 3.41. The normalized spacial score (nSPS) is 18.1. The summed E-state index contributed by atoms with van der Waals surface area (Å²) in [6.45, 7) is 0. The van der Waals surface area contributed by atoms with Crippen molar-refractivity contribution in [2.24, 2.45) is 0 Å². The molecule has 1 unspecified atom stereocenters. The molecule has 1 aliphatic heterocycles. The van der Waals surface area contributed by atoms with Crippen molar-refractivity contribution in [1.29, 1.82) is 0 Å². The number of nitrogens with one attached hydrogen (secondary N) is 1. The predicted molar refractivity (Wildman–Crippen MR) is 133 cm³/mol. The van der Waals surface area contributed by atoms with Gasteiger partial charge in [-0.15, -0.1) is 0 Å². The highest BCUT2D eigenvalue weighted by Gasteiger charge is 2.37. The van der Waals surface area contributed by atoms with E-state index >= 15 is 0 Å². The van der Waals surface area contributed by atoms with E-state index in [1.165, 1.54) is 28.1 Å². The molecule has 2 nitrogen and oxygen atoms in total. The first-order valence-electron chi connectivity index (χ1n) is 11.0. The molecular formula is C30H22N2. The summed E-state index contributed by atoms with van der Waals surface area (Å²) < 4.78 is 0. The molecule has 0 radical (unpaired) electrons. The zero-order valence-electron chi connectivity index (χ0n) is 17.6. The molecule has 32 heavy (non-hydrogen) atoms. The first kappa shape index (κ1) is 18.5. The lowest BCUT2D eigenvalue weighted by Crippen LogP contribution is -2.28. The Morgan fingerprint density at radius 3 is 2.34 bits per heavy atom. The van der Waals surface area contributed by atoms with Gasteiger partial charge in [0.25, 0.3) is 0 Å². The van der Waals surface area contributed by atoms with Crippen LogP contribution in [0.3, 0.4) is 0 Å². The zero-order chi connectivity index (χ0) is 21.3. The average molecular weight is 411 g/mol. The third-order valence-corrected chi connectivity index (χ3v) is 6.25. The fourth-order valence-electron chi connectivity index (χ4n) is 4.75. The molecule has 1 aliphatic carbocycles. The van der Waals surface area contributed by atoms with Gasteiger partial charge in [0.15, 0.2) is 0 Å². The van der Waals surface area contributed by atoms with Crippen LogP contribution in [-0.2, 0) is 0 Å². The lowest BCUT2D eigenvalue weighted by molar-refractivity contribution is 0.745. The van der Waals surface area contributed by atoms with E-state index in [1.54, 1.807) is 0 Å². The van der Waals surface area contributed by atoms with E-state index in [4.69, 9.17) is 0 Å². The number of hydrogen-bond donors (Lipinski definition) is 1. The molecule has 0 saturated carbocycles. The molecule has 0 aromatic heterocycles. The molecule has 1 heterocycles. The van der Waals surface area contributed by atoms with E-state index in [9.17, 15) is 0 Å². The number of fused-ring (bicyclic) bond motifs is 3. The first-order chi connectivity index (χ1) is 15.9. The van der Waals surface area contributed by atoms with Gasteiger partial charge in [0, 0.05) is 34.7 Å². The summed E-state index contributed by atoms with van der Waals surface area (Å²) in [5.74, 6) is 0.363. The van der Waals surface area contributed by atoms with Crippen LogP contribution in [0.4, 0.5) is 22.7 Å². The van der Waals surface area contributed by atoms with E-state index < -0.39 is 0 Å². The van der Waals surface area contributed by atoms with E-state index in [0.29, 0.717) is 12.0 Å². The Morgan fingerprint density at radius 2 is 1.53 bits per heavy atom. The van der Waals surface area contributed by atoms with Crippen LogP contribution in [0, 0.1) is 12.1 Å². The summed E-state index contributed by atoms with van der Waals surface area (Å²) in [6, 6.07) is 38.2. The highest BCUT2D eigenvalue weighted by molar-refractivity contribution is 5.79. The number of anilines is 4. The smallest absolute Gasteiger partial charge is 0.0629 e. The van der Waals surface area contributed by atoms with Gasteiger partial charge in [-0.2, -0.15) is 0 Å². The lowest BCUT2D eigenvalue weighted by atomic mass is 9.90. The molecule has 0 bridgehead atoms. The van der Waals surface area contributed by atoms with Crippen LogP contribution < -0.4 is 10.2 Å². The predicted octanol–water partition coefficient (Wildman–Crippen LogP) is 7.43. The summed E-state index contributed by atoms with van der Waals surface area (Å²) >= 11 is 0. The van der Waals surface area contributed by atoms with Crippen LogP contribution in [0.2, 0.25) is 0 Å². The van der Waals surface area contributed by atoms with Gasteiger partial charge in [-0.25, -0.2) is 0 Å². The minimum absolute atomic E-state index is 0.319. The van der Waals surface area contributed by atoms with Gasteiger partial charge in [-0.3, -0.25) is 0 Å².